The van der Waals surface area contributed by atoms with E-state index < -0.39 is 0 Å². The Labute approximate surface area is 199 Å². The molecule has 3 unspecified atom stereocenters. The van der Waals surface area contributed by atoms with Gasteiger partial charge in [0.05, 0.1) is 18.4 Å². The highest BCUT2D eigenvalue weighted by Gasteiger charge is 2.51. The highest BCUT2D eigenvalue weighted by Crippen LogP contribution is 2.41. The van der Waals surface area contributed by atoms with E-state index in [1.165, 1.54) is 0 Å². The second-order valence-electron chi connectivity index (χ2n) is 9.53. The molecule has 1 aromatic rings. The summed E-state index contributed by atoms with van der Waals surface area (Å²) in [6, 6.07) is 8.40. The first-order chi connectivity index (χ1) is 16.1. The SMILES string of the molecule is Cc1cc(NC2NN([C@@H](CC#N)C3CC3)C3CCNC(=O)C23)ccc1C(=O)N1CCSCC1. The van der Waals surface area contributed by atoms with Crippen LogP contribution in [0.2, 0.25) is 0 Å². The van der Waals surface area contributed by atoms with E-state index in [-0.39, 0.29) is 36.0 Å². The number of hydrogen-bond donors (Lipinski definition) is 3. The molecule has 3 aliphatic heterocycles. The van der Waals surface area contributed by atoms with Gasteiger partial charge >= 0.3 is 0 Å². The van der Waals surface area contributed by atoms with Crippen LogP contribution >= 0.6 is 11.8 Å². The number of nitrogens with zero attached hydrogens (tertiary/aromatic N) is 3. The van der Waals surface area contributed by atoms with Crippen molar-refractivity contribution in [1.29, 1.82) is 5.26 Å². The van der Waals surface area contributed by atoms with Crippen LogP contribution in [0.4, 0.5) is 5.69 Å². The number of rotatable bonds is 6. The monoisotopic (exact) mass is 468 g/mol. The predicted octanol–water partition coefficient (Wildman–Crippen LogP) is 1.94. The van der Waals surface area contributed by atoms with Gasteiger partial charge in [-0.15, -0.1) is 0 Å². The van der Waals surface area contributed by atoms with E-state index >= 15 is 0 Å². The highest BCUT2D eigenvalue weighted by molar-refractivity contribution is 7.99. The molecule has 33 heavy (non-hydrogen) atoms. The summed E-state index contributed by atoms with van der Waals surface area (Å²) in [5.74, 6) is 2.43. The van der Waals surface area contributed by atoms with Crippen LogP contribution in [0, 0.1) is 30.1 Å². The highest BCUT2D eigenvalue weighted by atomic mass is 32.2. The molecule has 3 saturated heterocycles. The Morgan fingerprint density at radius 1 is 1.30 bits per heavy atom. The average Bonchev–Trinajstić information content (AvgIpc) is 3.60. The lowest BCUT2D eigenvalue weighted by molar-refractivity contribution is -0.128. The van der Waals surface area contributed by atoms with E-state index in [2.05, 4.69) is 27.1 Å². The zero-order valence-corrected chi connectivity index (χ0v) is 19.9. The summed E-state index contributed by atoms with van der Waals surface area (Å²) in [5, 5.41) is 18.1. The second kappa shape index (κ2) is 9.53. The number of nitrogens with one attached hydrogen (secondary N) is 3. The van der Waals surface area contributed by atoms with Gasteiger partial charge in [-0.05, 0) is 55.9 Å². The number of thioether (sulfide) groups is 1. The summed E-state index contributed by atoms with van der Waals surface area (Å²) in [5.41, 5.74) is 6.12. The van der Waals surface area contributed by atoms with Gasteiger partial charge in [-0.1, -0.05) is 0 Å². The molecular weight excluding hydrogens is 436 g/mol. The maximum atomic E-state index is 13.0. The minimum absolute atomic E-state index is 0.0525. The number of hydrazine groups is 1. The van der Waals surface area contributed by atoms with Gasteiger partial charge in [-0.25, -0.2) is 10.4 Å². The number of aryl methyl sites for hydroxylation is 1. The van der Waals surface area contributed by atoms with Crippen LogP contribution in [0.15, 0.2) is 18.2 Å². The summed E-state index contributed by atoms with van der Waals surface area (Å²) in [7, 11) is 0. The molecule has 3 N–H and O–H groups in total. The largest absolute Gasteiger partial charge is 0.368 e. The van der Waals surface area contributed by atoms with E-state index in [9.17, 15) is 14.9 Å². The fourth-order valence-electron chi connectivity index (χ4n) is 5.48. The van der Waals surface area contributed by atoms with Gasteiger partial charge in [0.15, 0.2) is 0 Å². The van der Waals surface area contributed by atoms with Crippen molar-refractivity contribution in [3.05, 3.63) is 29.3 Å². The number of piperidine rings is 1. The van der Waals surface area contributed by atoms with Gasteiger partial charge in [0.25, 0.3) is 5.91 Å². The van der Waals surface area contributed by atoms with Crippen LogP contribution in [-0.2, 0) is 4.79 Å². The van der Waals surface area contributed by atoms with Crippen LogP contribution in [0.3, 0.4) is 0 Å². The van der Waals surface area contributed by atoms with Crippen molar-refractivity contribution in [2.45, 2.75) is 50.9 Å². The van der Waals surface area contributed by atoms with Gasteiger partial charge in [0.1, 0.15) is 6.17 Å². The number of carbonyl (C=O) groups excluding carboxylic acids is 2. The first-order valence-corrected chi connectivity index (χ1v) is 13.2. The van der Waals surface area contributed by atoms with Crippen LogP contribution < -0.4 is 16.1 Å². The molecule has 0 spiro atoms. The van der Waals surface area contributed by atoms with Crippen molar-refractivity contribution in [1.82, 2.24) is 20.7 Å². The number of fused-ring (bicyclic) bond motifs is 1. The molecule has 4 aliphatic rings. The van der Waals surface area contributed by atoms with Crippen molar-refractivity contribution in [2.75, 3.05) is 36.5 Å². The maximum Gasteiger partial charge on any atom is 0.254 e. The normalized spacial score (nSPS) is 28.5. The lowest BCUT2D eigenvalue weighted by Gasteiger charge is -2.34. The third-order valence-corrected chi connectivity index (χ3v) is 8.30. The number of carbonyl (C=O) groups is 2. The smallest absolute Gasteiger partial charge is 0.254 e. The molecule has 0 bridgehead atoms. The number of amides is 2. The summed E-state index contributed by atoms with van der Waals surface area (Å²) in [4.78, 5) is 27.7. The Hall–Kier alpha value is -2.28. The molecule has 176 valence electrons. The number of benzene rings is 1. The van der Waals surface area contributed by atoms with Crippen molar-refractivity contribution in [2.24, 2.45) is 11.8 Å². The van der Waals surface area contributed by atoms with E-state index in [1.54, 1.807) is 0 Å². The summed E-state index contributed by atoms with van der Waals surface area (Å²) in [6.07, 6.45) is 3.39. The van der Waals surface area contributed by atoms with E-state index in [0.717, 1.165) is 60.7 Å². The summed E-state index contributed by atoms with van der Waals surface area (Å²) in [6.45, 7) is 4.24. The third-order valence-electron chi connectivity index (χ3n) is 7.36. The lowest BCUT2D eigenvalue weighted by atomic mass is 9.90. The molecule has 2 amide bonds. The molecule has 4 atom stereocenters. The summed E-state index contributed by atoms with van der Waals surface area (Å²) >= 11 is 1.89. The van der Waals surface area contributed by atoms with Crippen molar-refractivity contribution in [3.8, 4) is 6.07 Å². The van der Waals surface area contributed by atoms with Gasteiger partial charge in [0.2, 0.25) is 5.91 Å². The van der Waals surface area contributed by atoms with Crippen molar-refractivity contribution < 1.29 is 9.59 Å². The number of anilines is 1. The minimum Gasteiger partial charge on any atom is -0.368 e. The molecule has 0 aromatic heterocycles. The third kappa shape index (κ3) is 4.57. The van der Waals surface area contributed by atoms with Gasteiger partial charge < -0.3 is 15.5 Å². The maximum absolute atomic E-state index is 13.0. The van der Waals surface area contributed by atoms with E-state index in [0.29, 0.717) is 18.9 Å². The zero-order valence-electron chi connectivity index (χ0n) is 19.0. The van der Waals surface area contributed by atoms with E-state index in [1.807, 2.05) is 41.8 Å². The Morgan fingerprint density at radius 3 is 2.79 bits per heavy atom. The Bertz CT molecular complexity index is 955. The molecule has 3 heterocycles. The van der Waals surface area contributed by atoms with Crippen LogP contribution in [0.1, 0.15) is 41.6 Å². The Morgan fingerprint density at radius 2 is 2.09 bits per heavy atom. The molecule has 4 fully saturated rings. The standard InChI is InChI=1S/C24H32N6O2S/c1-15-14-17(4-5-18(15)24(32)29-10-12-33-13-11-29)27-22-21-20(7-9-26-23(21)31)30(28-22)19(6-8-25)16-2-3-16/h4-5,14,16,19-22,27-28H,2-3,6-7,9-13H2,1H3,(H,26,31)/t19-,20?,21?,22?/m0/s1. The Balaban J connectivity index is 1.33. The first kappa shape index (κ1) is 22.5. The Kier molecular flexibility index (Phi) is 6.50. The lowest BCUT2D eigenvalue weighted by Crippen LogP contribution is -2.52. The van der Waals surface area contributed by atoms with Crippen molar-refractivity contribution >= 4 is 29.3 Å². The minimum atomic E-state index is -0.254. The van der Waals surface area contributed by atoms with E-state index in [4.69, 9.17) is 0 Å². The van der Waals surface area contributed by atoms with Crippen molar-refractivity contribution in [3.63, 3.8) is 0 Å². The topological polar surface area (TPSA) is 100 Å². The average molecular weight is 469 g/mol. The zero-order chi connectivity index (χ0) is 22.9. The quantitative estimate of drug-likeness (QED) is 0.587. The molecule has 0 radical (unpaired) electrons. The molecule has 1 aromatic carbocycles. The molecule has 8 nitrogen and oxygen atoms in total. The van der Waals surface area contributed by atoms with Crippen LogP contribution in [0.25, 0.3) is 0 Å². The fourth-order valence-corrected chi connectivity index (χ4v) is 6.38. The molecule has 5 rings (SSSR count). The second-order valence-corrected chi connectivity index (χ2v) is 10.8. The van der Waals surface area contributed by atoms with Gasteiger partial charge in [0, 0.05) is 54.5 Å². The molecule has 1 aliphatic carbocycles. The van der Waals surface area contributed by atoms with Crippen LogP contribution in [0.5, 0.6) is 0 Å². The fraction of sp³-hybridized carbons (Fsp3) is 0.625. The van der Waals surface area contributed by atoms with Crippen LogP contribution in [-0.4, -0.2) is 71.1 Å². The first-order valence-electron chi connectivity index (χ1n) is 12.0. The molecule has 1 saturated carbocycles. The number of nitriles is 1. The molecular formula is C24H32N6O2S. The van der Waals surface area contributed by atoms with Gasteiger partial charge in [-0.2, -0.15) is 17.0 Å². The summed E-state index contributed by atoms with van der Waals surface area (Å²) < 4.78 is 0. The predicted molar refractivity (Wildman–Crippen MR) is 128 cm³/mol. The van der Waals surface area contributed by atoms with Gasteiger partial charge in [-0.3, -0.25) is 9.59 Å². The number of hydrogen-bond acceptors (Lipinski definition) is 7. The molecule has 9 heteroatoms.